The summed E-state index contributed by atoms with van der Waals surface area (Å²) < 4.78 is 10.5. The molecule has 0 N–H and O–H groups in total. The number of pyridine rings is 1. The van der Waals surface area contributed by atoms with Crippen LogP contribution in [0.5, 0.6) is 11.5 Å². The number of methoxy groups -OCH3 is 2. The van der Waals surface area contributed by atoms with E-state index in [9.17, 15) is 0 Å². The average Bonchev–Trinajstić information content (AvgIpc) is 2.54. The van der Waals surface area contributed by atoms with Gasteiger partial charge in [-0.1, -0.05) is 12.1 Å². The number of anilines is 1. The van der Waals surface area contributed by atoms with Gasteiger partial charge >= 0.3 is 0 Å². The Bertz CT molecular complexity index is 665. The first-order valence-corrected chi connectivity index (χ1v) is 6.47. The molecular weight excluding hydrogens is 266 g/mol. The topological polar surface area (TPSA) is 58.4 Å². The Kier molecular flexibility index (Phi) is 4.62. The summed E-state index contributed by atoms with van der Waals surface area (Å²) in [6.07, 6.45) is 0. The normalized spacial score (nSPS) is 9.81. The van der Waals surface area contributed by atoms with Crippen LogP contribution in [0.15, 0.2) is 36.4 Å². The quantitative estimate of drug-likeness (QED) is 0.844. The Morgan fingerprint density at radius 1 is 1.14 bits per heavy atom. The predicted molar refractivity (Wildman–Crippen MR) is 80.6 cm³/mol. The molecule has 0 fully saturated rings. The van der Waals surface area contributed by atoms with Crippen molar-refractivity contribution in [1.82, 2.24) is 4.98 Å². The van der Waals surface area contributed by atoms with Crippen LogP contribution in [-0.2, 0) is 6.54 Å². The third-order valence-corrected chi connectivity index (χ3v) is 3.11. The van der Waals surface area contributed by atoms with Gasteiger partial charge in [-0.05, 0) is 29.8 Å². The summed E-state index contributed by atoms with van der Waals surface area (Å²) in [6.45, 7) is 0.655. The molecule has 0 aliphatic heterocycles. The van der Waals surface area contributed by atoms with Crippen molar-refractivity contribution in [2.75, 3.05) is 26.2 Å². The Balaban J connectivity index is 2.19. The van der Waals surface area contributed by atoms with Crippen LogP contribution in [0.1, 0.15) is 11.3 Å². The second kappa shape index (κ2) is 6.62. The first kappa shape index (κ1) is 14.7. The largest absolute Gasteiger partial charge is 0.493 e. The lowest BCUT2D eigenvalue weighted by Gasteiger charge is -2.19. The fraction of sp³-hybridized carbons (Fsp3) is 0.250. The summed E-state index contributed by atoms with van der Waals surface area (Å²) in [5, 5.41) is 8.90. The number of hydrogen-bond donors (Lipinski definition) is 0. The van der Waals surface area contributed by atoms with E-state index in [0.717, 1.165) is 11.4 Å². The molecule has 2 rings (SSSR count). The van der Waals surface area contributed by atoms with E-state index < -0.39 is 0 Å². The molecular formula is C16H17N3O2. The number of aromatic nitrogens is 1. The zero-order valence-electron chi connectivity index (χ0n) is 12.3. The number of rotatable bonds is 5. The van der Waals surface area contributed by atoms with Crippen LogP contribution in [0.4, 0.5) is 5.82 Å². The van der Waals surface area contributed by atoms with E-state index in [-0.39, 0.29) is 0 Å². The molecule has 108 valence electrons. The number of nitriles is 1. The van der Waals surface area contributed by atoms with Crippen molar-refractivity contribution in [3.63, 3.8) is 0 Å². The van der Waals surface area contributed by atoms with Gasteiger partial charge in [0.2, 0.25) is 0 Å². The molecule has 5 nitrogen and oxygen atoms in total. The fourth-order valence-electron chi connectivity index (χ4n) is 2.03. The molecule has 0 amide bonds. The first-order valence-electron chi connectivity index (χ1n) is 6.47. The van der Waals surface area contributed by atoms with Crippen molar-refractivity contribution in [1.29, 1.82) is 5.26 Å². The fourth-order valence-corrected chi connectivity index (χ4v) is 2.03. The van der Waals surface area contributed by atoms with E-state index in [4.69, 9.17) is 14.7 Å². The summed E-state index contributed by atoms with van der Waals surface area (Å²) >= 11 is 0. The second-order valence-electron chi connectivity index (χ2n) is 4.54. The Morgan fingerprint density at radius 3 is 2.57 bits per heavy atom. The minimum Gasteiger partial charge on any atom is -0.493 e. The molecule has 0 bridgehead atoms. The molecule has 1 heterocycles. The van der Waals surface area contributed by atoms with E-state index in [1.807, 2.05) is 48.3 Å². The van der Waals surface area contributed by atoms with Gasteiger partial charge in [0, 0.05) is 13.6 Å². The Labute approximate surface area is 124 Å². The highest BCUT2D eigenvalue weighted by atomic mass is 16.5. The highest BCUT2D eigenvalue weighted by molar-refractivity contribution is 5.46. The molecule has 1 aromatic heterocycles. The minimum atomic E-state index is 0.409. The molecule has 2 aromatic rings. The van der Waals surface area contributed by atoms with Crippen LogP contribution in [0, 0.1) is 11.3 Å². The monoisotopic (exact) mass is 283 g/mol. The first-order chi connectivity index (χ1) is 10.2. The van der Waals surface area contributed by atoms with E-state index in [0.29, 0.717) is 23.7 Å². The second-order valence-corrected chi connectivity index (χ2v) is 4.54. The molecule has 0 radical (unpaired) electrons. The van der Waals surface area contributed by atoms with Gasteiger partial charge in [-0.3, -0.25) is 0 Å². The van der Waals surface area contributed by atoms with Crippen molar-refractivity contribution in [2.24, 2.45) is 0 Å². The van der Waals surface area contributed by atoms with Crippen molar-refractivity contribution in [3.8, 4) is 17.6 Å². The number of hydrogen-bond acceptors (Lipinski definition) is 5. The lowest BCUT2D eigenvalue weighted by Crippen LogP contribution is -2.17. The van der Waals surface area contributed by atoms with Gasteiger partial charge in [-0.15, -0.1) is 0 Å². The zero-order chi connectivity index (χ0) is 15.2. The number of benzene rings is 1. The van der Waals surface area contributed by atoms with Gasteiger partial charge < -0.3 is 14.4 Å². The van der Waals surface area contributed by atoms with Gasteiger partial charge in [0.05, 0.1) is 14.2 Å². The predicted octanol–water partition coefficient (Wildman–Crippen LogP) is 2.61. The number of ether oxygens (including phenoxy) is 2. The van der Waals surface area contributed by atoms with Crippen LogP contribution in [0.25, 0.3) is 0 Å². The van der Waals surface area contributed by atoms with Crippen LogP contribution < -0.4 is 14.4 Å². The van der Waals surface area contributed by atoms with Crippen LogP contribution in [-0.4, -0.2) is 26.3 Å². The maximum absolute atomic E-state index is 8.90. The highest BCUT2D eigenvalue weighted by Gasteiger charge is 2.08. The molecule has 5 heteroatoms. The molecule has 0 aliphatic rings. The third kappa shape index (κ3) is 3.42. The van der Waals surface area contributed by atoms with Gasteiger partial charge in [-0.25, -0.2) is 4.98 Å². The molecule has 0 unspecified atom stereocenters. The van der Waals surface area contributed by atoms with Gasteiger partial charge in [0.1, 0.15) is 17.6 Å². The van der Waals surface area contributed by atoms with Crippen LogP contribution in [0.2, 0.25) is 0 Å². The molecule has 1 aromatic carbocycles. The van der Waals surface area contributed by atoms with Crippen LogP contribution >= 0.6 is 0 Å². The van der Waals surface area contributed by atoms with E-state index in [1.54, 1.807) is 20.3 Å². The number of nitrogens with zero attached hydrogens (tertiary/aromatic N) is 3. The Hall–Kier alpha value is -2.74. The highest BCUT2D eigenvalue weighted by Crippen LogP contribution is 2.28. The summed E-state index contributed by atoms with van der Waals surface area (Å²) in [5.41, 5.74) is 1.48. The summed E-state index contributed by atoms with van der Waals surface area (Å²) in [7, 11) is 5.16. The molecule has 0 spiro atoms. The summed E-state index contributed by atoms with van der Waals surface area (Å²) in [5.74, 6) is 2.15. The van der Waals surface area contributed by atoms with E-state index in [1.165, 1.54) is 0 Å². The van der Waals surface area contributed by atoms with E-state index in [2.05, 4.69) is 4.98 Å². The maximum Gasteiger partial charge on any atom is 0.161 e. The smallest absolute Gasteiger partial charge is 0.161 e. The molecule has 21 heavy (non-hydrogen) atoms. The third-order valence-electron chi connectivity index (χ3n) is 3.11. The average molecular weight is 283 g/mol. The summed E-state index contributed by atoms with van der Waals surface area (Å²) in [6, 6.07) is 13.2. The van der Waals surface area contributed by atoms with Crippen molar-refractivity contribution >= 4 is 5.82 Å². The van der Waals surface area contributed by atoms with E-state index >= 15 is 0 Å². The van der Waals surface area contributed by atoms with Crippen molar-refractivity contribution in [3.05, 3.63) is 47.7 Å². The van der Waals surface area contributed by atoms with Crippen molar-refractivity contribution in [2.45, 2.75) is 6.54 Å². The maximum atomic E-state index is 8.90. The minimum absolute atomic E-state index is 0.409. The van der Waals surface area contributed by atoms with Crippen LogP contribution in [0.3, 0.4) is 0 Å². The molecule has 0 atom stereocenters. The summed E-state index contributed by atoms with van der Waals surface area (Å²) in [4.78, 5) is 6.25. The van der Waals surface area contributed by atoms with Gasteiger partial charge in [0.25, 0.3) is 0 Å². The van der Waals surface area contributed by atoms with Crippen molar-refractivity contribution < 1.29 is 9.47 Å². The lowest BCUT2D eigenvalue weighted by atomic mass is 10.2. The zero-order valence-corrected chi connectivity index (χ0v) is 12.3. The van der Waals surface area contributed by atoms with Gasteiger partial charge in [0.15, 0.2) is 11.5 Å². The lowest BCUT2D eigenvalue weighted by molar-refractivity contribution is 0.354. The molecule has 0 saturated heterocycles. The standard InChI is InChI=1S/C16H17N3O2/c1-19(16-6-4-5-13(10-17)18-16)11-12-7-8-14(20-2)15(9-12)21-3/h4-9H,11H2,1-3H3. The molecule has 0 aliphatic carbocycles. The SMILES string of the molecule is COc1ccc(CN(C)c2cccc(C#N)n2)cc1OC. The molecule has 0 saturated carbocycles. The van der Waals surface area contributed by atoms with Gasteiger partial charge in [-0.2, -0.15) is 5.26 Å². The Morgan fingerprint density at radius 2 is 1.90 bits per heavy atom.